The maximum atomic E-state index is 12.8. The van der Waals surface area contributed by atoms with Crippen molar-refractivity contribution in [3.05, 3.63) is 52.2 Å². The zero-order valence-electron chi connectivity index (χ0n) is 17.4. The summed E-state index contributed by atoms with van der Waals surface area (Å²) in [5, 5.41) is 4.88. The molecule has 2 heterocycles. The molecule has 30 heavy (non-hydrogen) atoms. The monoisotopic (exact) mass is 449 g/mol. The Balaban J connectivity index is 1.62. The van der Waals surface area contributed by atoms with E-state index in [1.165, 1.54) is 29.7 Å². The lowest BCUT2D eigenvalue weighted by Crippen LogP contribution is -2.45. The number of nitrogens with one attached hydrogen (secondary N) is 1. The maximum Gasteiger partial charge on any atom is 0.263 e. The topological polar surface area (TPSA) is 86.8 Å². The summed E-state index contributed by atoms with van der Waals surface area (Å²) in [5.74, 6) is -0.358. The molecule has 3 rings (SSSR count). The van der Waals surface area contributed by atoms with Crippen LogP contribution in [0.15, 0.2) is 46.7 Å². The van der Waals surface area contributed by atoms with Crippen LogP contribution in [-0.4, -0.2) is 56.6 Å². The van der Waals surface area contributed by atoms with Crippen LogP contribution in [0.25, 0.3) is 0 Å². The van der Waals surface area contributed by atoms with Gasteiger partial charge in [-0.2, -0.15) is 0 Å². The van der Waals surface area contributed by atoms with E-state index in [1.807, 2.05) is 18.4 Å². The Labute approximate surface area is 181 Å². The lowest BCUT2D eigenvalue weighted by atomic mass is 9.96. The minimum absolute atomic E-state index is 0.0201. The van der Waals surface area contributed by atoms with Gasteiger partial charge in [0.2, 0.25) is 15.9 Å². The predicted molar refractivity (Wildman–Crippen MR) is 117 cm³/mol. The Morgan fingerprint density at radius 2 is 1.90 bits per heavy atom. The summed E-state index contributed by atoms with van der Waals surface area (Å²) in [5.41, 5.74) is 0.823. The van der Waals surface area contributed by atoms with Crippen molar-refractivity contribution in [3.8, 4) is 0 Å². The third-order valence-electron chi connectivity index (χ3n) is 5.33. The molecule has 7 nitrogen and oxygen atoms in total. The Kier molecular flexibility index (Phi) is 6.95. The second-order valence-corrected chi connectivity index (χ2v) is 10.8. The van der Waals surface area contributed by atoms with E-state index < -0.39 is 10.0 Å². The quantitative estimate of drug-likeness (QED) is 0.735. The normalized spacial score (nSPS) is 18.3. The average Bonchev–Trinajstić information content (AvgIpc) is 3.28. The van der Waals surface area contributed by atoms with Gasteiger partial charge in [-0.05, 0) is 48.9 Å². The fraction of sp³-hybridized carbons (Fsp3) is 0.429. The Morgan fingerprint density at radius 1 is 1.20 bits per heavy atom. The zero-order valence-corrected chi connectivity index (χ0v) is 19.0. The molecule has 162 valence electrons. The molecule has 0 aliphatic carbocycles. The largest absolute Gasteiger partial charge is 0.349 e. The first-order valence-corrected chi connectivity index (χ1v) is 12.2. The van der Waals surface area contributed by atoms with Crippen molar-refractivity contribution in [2.75, 3.05) is 27.2 Å². The Bertz CT molecular complexity index is 986. The number of benzene rings is 1. The highest BCUT2D eigenvalue weighted by atomic mass is 32.2. The van der Waals surface area contributed by atoms with Gasteiger partial charge in [0.25, 0.3) is 5.91 Å². The van der Waals surface area contributed by atoms with Crippen LogP contribution in [-0.2, 0) is 14.8 Å². The molecule has 2 unspecified atom stereocenters. The van der Waals surface area contributed by atoms with Gasteiger partial charge in [0.05, 0.1) is 21.7 Å². The minimum Gasteiger partial charge on any atom is -0.349 e. The highest BCUT2D eigenvalue weighted by Gasteiger charge is 2.30. The van der Waals surface area contributed by atoms with E-state index in [-0.39, 0.29) is 28.7 Å². The van der Waals surface area contributed by atoms with Crippen LogP contribution in [0.1, 0.15) is 41.0 Å². The van der Waals surface area contributed by atoms with E-state index in [9.17, 15) is 18.0 Å². The van der Waals surface area contributed by atoms with Crippen molar-refractivity contribution >= 4 is 33.2 Å². The number of rotatable bonds is 6. The summed E-state index contributed by atoms with van der Waals surface area (Å²) in [4.78, 5) is 28.0. The summed E-state index contributed by atoms with van der Waals surface area (Å²) in [7, 11) is -0.505. The lowest BCUT2D eigenvalue weighted by molar-refractivity contribution is -0.127. The average molecular weight is 450 g/mol. The summed E-state index contributed by atoms with van der Waals surface area (Å²) in [6, 6.07) is 9.92. The van der Waals surface area contributed by atoms with Crippen molar-refractivity contribution < 1.29 is 18.0 Å². The minimum atomic E-state index is -3.48. The van der Waals surface area contributed by atoms with E-state index in [4.69, 9.17) is 0 Å². The third-order valence-corrected chi connectivity index (χ3v) is 8.02. The number of piperidine rings is 1. The summed E-state index contributed by atoms with van der Waals surface area (Å²) in [6.45, 7) is 2.94. The molecule has 1 aromatic carbocycles. The third kappa shape index (κ3) is 4.91. The molecule has 0 spiro atoms. The molecule has 1 aromatic heterocycles. The van der Waals surface area contributed by atoms with Gasteiger partial charge >= 0.3 is 0 Å². The second-order valence-electron chi connectivity index (χ2n) is 7.65. The highest BCUT2D eigenvalue weighted by molar-refractivity contribution is 7.89. The second kappa shape index (κ2) is 9.28. The van der Waals surface area contributed by atoms with Crippen LogP contribution in [0.4, 0.5) is 0 Å². The van der Waals surface area contributed by atoms with Crippen LogP contribution in [0, 0.1) is 5.92 Å². The number of hydrogen-bond acceptors (Lipinski definition) is 5. The number of thiophene rings is 1. The zero-order chi connectivity index (χ0) is 21.9. The first kappa shape index (κ1) is 22.5. The van der Waals surface area contributed by atoms with Crippen LogP contribution in [0.3, 0.4) is 0 Å². The fourth-order valence-electron chi connectivity index (χ4n) is 3.49. The van der Waals surface area contributed by atoms with Gasteiger partial charge in [-0.3, -0.25) is 9.59 Å². The van der Waals surface area contributed by atoms with E-state index in [1.54, 1.807) is 35.2 Å². The molecule has 1 saturated heterocycles. The molecular formula is C21H27N3O4S2. The number of carbonyl (C=O) groups is 2. The van der Waals surface area contributed by atoms with Gasteiger partial charge in [0, 0.05) is 27.2 Å². The van der Waals surface area contributed by atoms with Crippen molar-refractivity contribution in [1.29, 1.82) is 0 Å². The SMILES string of the molecule is CC(NC(=O)C1CCCN(C(=O)c2cccs2)C1)c1ccc(S(=O)(=O)N(C)C)cc1. The molecule has 1 N–H and O–H groups in total. The molecule has 0 radical (unpaired) electrons. The van der Waals surface area contributed by atoms with E-state index in [0.29, 0.717) is 18.0 Å². The number of carbonyl (C=O) groups excluding carboxylic acids is 2. The molecule has 9 heteroatoms. The number of likely N-dealkylation sites (tertiary alicyclic amines) is 1. The Hall–Kier alpha value is -2.23. The van der Waals surface area contributed by atoms with Gasteiger partial charge in [-0.1, -0.05) is 18.2 Å². The summed E-state index contributed by atoms with van der Waals surface area (Å²) in [6.07, 6.45) is 1.54. The van der Waals surface area contributed by atoms with Crippen molar-refractivity contribution in [2.24, 2.45) is 5.92 Å². The molecular weight excluding hydrogens is 422 g/mol. The fourth-order valence-corrected chi connectivity index (χ4v) is 5.08. The molecule has 0 bridgehead atoms. The van der Waals surface area contributed by atoms with Gasteiger partial charge in [0.1, 0.15) is 0 Å². The van der Waals surface area contributed by atoms with Crippen molar-refractivity contribution in [1.82, 2.24) is 14.5 Å². The summed E-state index contributed by atoms with van der Waals surface area (Å²) >= 11 is 1.41. The standard InChI is InChI=1S/C21H27N3O4S2/c1-15(16-8-10-18(11-9-16)30(27,28)23(2)3)22-20(25)17-6-4-12-24(14-17)21(26)19-7-5-13-29-19/h5,7-11,13,15,17H,4,6,12,14H2,1-3H3,(H,22,25). The van der Waals surface area contributed by atoms with E-state index in [0.717, 1.165) is 18.4 Å². The molecule has 1 aliphatic heterocycles. The number of sulfonamides is 1. The van der Waals surface area contributed by atoms with Gasteiger partial charge in [-0.25, -0.2) is 12.7 Å². The molecule has 0 saturated carbocycles. The van der Waals surface area contributed by atoms with Crippen LogP contribution in [0.2, 0.25) is 0 Å². The van der Waals surface area contributed by atoms with Crippen LogP contribution < -0.4 is 5.32 Å². The van der Waals surface area contributed by atoms with Crippen LogP contribution >= 0.6 is 11.3 Å². The molecule has 1 aliphatic rings. The van der Waals surface area contributed by atoms with Gasteiger partial charge < -0.3 is 10.2 Å². The molecule has 2 amide bonds. The number of nitrogens with zero attached hydrogens (tertiary/aromatic N) is 2. The molecule has 1 fully saturated rings. The summed E-state index contributed by atoms with van der Waals surface area (Å²) < 4.78 is 25.6. The Morgan fingerprint density at radius 3 is 2.50 bits per heavy atom. The van der Waals surface area contributed by atoms with Gasteiger partial charge in [-0.15, -0.1) is 11.3 Å². The van der Waals surface area contributed by atoms with E-state index >= 15 is 0 Å². The lowest BCUT2D eigenvalue weighted by Gasteiger charge is -2.32. The first-order chi connectivity index (χ1) is 14.2. The smallest absolute Gasteiger partial charge is 0.263 e. The highest BCUT2D eigenvalue weighted by Crippen LogP contribution is 2.23. The molecule has 2 atom stereocenters. The van der Waals surface area contributed by atoms with Crippen molar-refractivity contribution in [3.63, 3.8) is 0 Å². The van der Waals surface area contributed by atoms with Crippen LogP contribution in [0.5, 0.6) is 0 Å². The maximum absolute atomic E-state index is 12.8. The number of hydrogen-bond donors (Lipinski definition) is 1. The predicted octanol–water partition coefficient (Wildman–Crippen LogP) is 2.73. The van der Waals surface area contributed by atoms with E-state index in [2.05, 4.69) is 5.32 Å². The van der Waals surface area contributed by atoms with Gasteiger partial charge in [0.15, 0.2) is 0 Å². The molecule has 2 aromatic rings. The number of amides is 2. The first-order valence-electron chi connectivity index (χ1n) is 9.86. The van der Waals surface area contributed by atoms with Crippen molar-refractivity contribution in [2.45, 2.75) is 30.7 Å².